The molecule has 0 atom stereocenters. The molecule has 6 heteroatoms. The maximum Gasteiger partial charge on any atom is 0.267 e. The number of aryl methyl sites for hydroxylation is 3. The van der Waals surface area contributed by atoms with E-state index in [4.69, 9.17) is 0 Å². The first-order valence-corrected chi connectivity index (χ1v) is 9.06. The third kappa shape index (κ3) is 5.44. The second-order valence-electron chi connectivity index (χ2n) is 5.73. The number of nitrogens with zero attached hydrogens (tertiary/aromatic N) is 2. The molecule has 25 heavy (non-hydrogen) atoms. The van der Waals surface area contributed by atoms with Crippen molar-refractivity contribution < 1.29 is 4.79 Å². The number of aromatic nitrogens is 1. The average molecular weight is 354 g/mol. The highest BCUT2D eigenvalue weighted by Gasteiger charge is 2.10. The molecular formula is C19H22N4OS. The molecule has 0 bridgehead atoms. The summed E-state index contributed by atoms with van der Waals surface area (Å²) < 4.78 is 0. The average Bonchev–Trinajstić information content (AvgIpc) is 2.93. The van der Waals surface area contributed by atoms with Gasteiger partial charge in [-0.3, -0.25) is 4.79 Å². The fraction of sp³-hybridized carbons (Fsp3) is 0.316. The van der Waals surface area contributed by atoms with Crippen LogP contribution in [0.4, 0.5) is 10.8 Å². The van der Waals surface area contributed by atoms with E-state index in [1.807, 2.05) is 44.2 Å². The molecule has 5 nitrogen and oxygen atoms in total. The Hall–Kier alpha value is -2.65. The number of nitriles is 1. The molecule has 0 aliphatic carbocycles. The summed E-state index contributed by atoms with van der Waals surface area (Å²) in [5.74, 6) is -0.443. The van der Waals surface area contributed by atoms with Crippen molar-refractivity contribution in [1.29, 1.82) is 5.26 Å². The van der Waals surface area contributed by atoms with E-state index in [-0.39, 0.29) is 5.57 Å². The normalized spacial score (nSPS) is 11.0. The van der Waals surface area contributed by atoms with Crippen molar-refractivity contribution in [2.75, 3.05) is 10.6 Å². The van der Waals surface area contributed by atoms with Gasteiger partial charge in [-0.2, -0.15) is 5.26 Å². The zero-order chi connectivity index (χ0) is 18.2. The molecule has 0 radical (unpaired) electrons. The van der Waals surface area contributed by atoms with Gasteiger partial charge >= 0.3 is 0 Å². The monoisotopic (exact) mass is 354 g/mol. The zero-order valence-corrected chi connectivity index (χ0v) is 15.5. The summed E-state index contributed by atoms with van der Waals surface area (Å²) in [6, 6.07) is 9.64. The summed E-state index contributed by atoms with van der Waals surface area (Å²) in [6.45, 7) is 6.06. The van der Waals surface area contributed by atoms with Gasteiger partial charge in [0.2, 0.25) is 0 Å². The van der Waals surface area contributed by atoms with Crippen molar-refractivity contribution in [1.82, 2.24) is 4.98 Å². The van der Waals surface area contributed by atoms with Gasteiger partial charge in [0.1, 0.15) is 11.6 Å². The van der Waals surface area contributed by atoms with Gasteiger partial charge in [-0.1, -0.05) is 25.5 Å². The van der Waals surface area contributed by atoms with Crippen LogP contribution in [0.3, 0.4) is 0 Å². The Labute approximate surface area is 152 Å². The van der Waals surface area contributed by atoms with Crippen LogP contribution in [0.15, 0.2) is 36.0 Å². The van der Waals surface area contributed by atoms with Crippen LogP contribution in [-0.4, -0.2) is 10.9 Å². The lowest BCUT2D eigenvalue weighted by molar-refractivity contribution is -0.112. The SMILES string of the molecule is CCCCc1ccc(NC(=O)/C(C#N)=C\Nc2nc(C)c(C)s2)cc1. The maximum atomic E-state index is 12.2. The second kappa shape index (κ2) is 9.00. The van der Waals surface area contributed by atoms with Gasteiger partial charge in [-0.05, 0) is 44.4 Å². The van der Waals surface area contributed by atoms with Crippen LogP contribution in [0.5, 0.6) is 0 Å². The summed E-state index contributed by atoms with van der Waals surface area (Å²) in [5, 5.41) is 15.5. The lowest BCUT2D eigenvalue weighted by Gasteiger charge is -2.06. The number of amides is 1. The summed E-state index contributed by atoms with van der Waals surface area (Å²) >= 11 is 1.48. The van der Waals surface area contributed by atoms with Crippen molar-refractivity contribution in [3.8, 4) is 6.07 Å². The molecule has 1 aromatic heterocycles. The summed E-state index contributed by atoms with van der Waals surface area (Å²) in [7, 11) is 0. The van der Waals surface area contributed by atoms with Crippen LogP contribution in [0.1, 0.15) is 35.9 Å². The van der Waals surface area contributed by atoms with Crippen molar-refractivity contribution in [2.24, 2.45) is 0 Å². The summed E-state index contributed by atoms with van der Waals surface area (Å²) in [6.07, 6.45) is 4.72. The molecule has 0 saturated heterocycles. The van der Waals surface area contributed by atoms with E-state index in [9.17, 15) is 10.1 Å². The van der Waals surface area contributed by atoms with Gasteiger partial charge in [0, 0.05) is 16.8 Å². The van der Waals surface area contributed by atoms with Crippen molar-refractivity contribution in [2.45, 2.75) is 40.0 Å². The third-order valence-electron chi connectivity index (χ3n) is 3.76. The number of hydrogen-bond acceptors (Lipinski definition) is 5. The number of nitrogens with one attached hydrogen (secondary N) is 2. The molecule has 0 aliphatic heterocycles. The number of unbranched alkanes of at least 4 members (excludes halogenated alkanes) is 1. The van der Waals surface area contributed by atoms with Gasteiger partial charge in [-0.25, -0.2) is 4.98 Å². The third-order valence-corrected chi connectivity index (χ3v) is 4.77. The van der Waals surface area contributed by atoms with Crippen molar-refractivity contribution >= 4 is 28.1 Å². The van der Waals surface area contributed by atoms with Gasteiger partial charge in [0.25, 0.3) is 5.91 Å². The van der Waals surface area contributed by atoms with Crippen LogP contribution in [-0.2, 0) is 11.2 Å². The molecule has 1 amide bonds. The lowest BCUT2D eigenvalue weighted by Crippen LogP contribution is -2.14. The highest BCUT2D eigenvalue weighted by molar-refractivity contribution is 7.15. The Morgan fingerprint density at radius 1 is 1.32 bits per heavy atom. The van der Waals surface area contributed by atoms with E-state index < -0.39 is 5.91 Å². The predicted molar refractivity (Wildman–Crippen MR) is 103 cm³/mol. The minimum absolute atomic E-state index is 0.000524. The molecular weight excluding hydrogens is 332 g/mol. The predicted octanol–water partition coefficient (Wildman–Crippen LogP) is 4.56. The minimum Gasteiger partial charge on any atom is -0.337 e. The standard InChI is InChI=1S/C19H22N4OS/c1-4-5-6-15-7-9-17(10-8-15)23-18(24)16(11-20)12-21-19-22-13(2)14(3)25-19/h7-10,12H,4-6H2,1-3H3,(H,21,22)(H,23,24)/b16-12-. The number of benzene rings is 1. The number of hydrogen-bond donors (Lipinski definition) is 2. The number of anilines is 2. The fourth-order valence-electron chi connectivity index (χ4n) is 2.15. The first-order valence-electron chi connectivity index (χ1n) is 8.24. The molecule has 2 N–H and O–H groups in total. The van der Waals surface area contributed by atoms with Crippen molar-refractivity contribution in [3.63, 3.8) is 0 Å². The Morgan fingerprint density at radius 2 is 2.04 bits per heavy atom. The molecule has 130 valence electrons. The first-order chi connectivity index (χ1) is 12.0. The molecule has 1 heterocycles. The topological polar surface area (TPSA) is 77.8 Å². The van der Waals surface area contributed by atoms with Crippen molar-refractivity contribution in [3.05, 3.63) is 52.2 Å². The van der Waals surface area contributed by atoms with Crippen LogP contribution in [0, 0.1) is 25.2 Å². The molecule has 0 unspecified atom stereocenters. The highest BCUT2D eigenvalue weighted by atomic mass is 32.1. The largest absolute Gasteiger partial charge is 0.337 e. The van der Waals surface area contributed by atoms with Crippen LogP contribution in [0.25, 0.3) is 0 Å². The minimum atomic E-state index is -0.443. The van der Waals surface area contributed by atoms with Gasteiger partial charge in [0.15, 0.2) is 5.13 Å². The molecule has 0 spiro atoms. The van der Waals surface area contributed by atoms with E-state index in [2.05, 4.69) is 22.5 Å². The number of carbonyl (C=O) groups is 1. The number of carbonyl (C=O) groups excluding carboxylic acids is 1. The Kier molecular flexibility index (Phi) is 6.72. The molecule has 2 aromatic rings. The Morgan fingerprint density at radius 3 is 2.60 bits per heavy atom. The molecule has 1 aromatic carbocycles. The van der Waals surface area contributed by atoms with E-state index in [1.54, 1.807) is 0 Å². The fourth-order valence-corrected chi connectivity index (χ4v) is 2.93. The molecule has 0 aliphatic rings. The van der Waals surface area contributed by atoms with E-state index in [0.717, 1.165) is 29.8 Å². The maximum absolute atomic E-state index is 12.2. The molecule has 2 rings (SSSR count). The smallest absolute Gasteiger partial charge is 0.267 e. The quantitative estimate of drug-likeness (QED) is 0.564. The number of rotatable bonds is 7. The zero-order valence-electron chi connectivity index (χ0n) is 14.7. The van der Waals surface area contributed by atoms with Gasteiger partial charge in [0.05, 0.1) is 5.69 Å². The molecule has 0 saturated carbocycles. The van der Waals surface area contributed by atoms with Gasteiger partial charge < -0.3 is 10.6 Å². The molecule has 0 fully saturated rings. The van der Waals surface area contributed by atoms with E-state index in [1.165, 1.54) is 23.1 Å². The van der Waals surface area contributed by atoms with Crippen LogP contribution in [0.2, 0.25) is 0 Å². The number of thiazole rings is 1. The van der Waals surface area contributed by atoms with E-state index >= 15 is 0 Å². The van der Waals surface area contributed by atoms with Crippen LogP contribution >= 0.6 is 11.3 Å². The Bertz CT molecular complexity index is 780. The summed E-state index contributed by atoms with van der Waals surface area (Å²) in [4.78, 5) is 17.6. The second-order valence-corrected chi connectivity index (χ2v) is 6.93. The van der Waals surface area contributed by atoms with Gasteiger partial charge in [-0.15, -0.1) is 11.3 Å². The van der Waals surface area contributed by atoms with Crippen LogP contribution < -0.4 is 10.6 Å². The highest BCUT2D eigenvalue weighted by Crippen LogP contribution is 2.21. The summed E-state index contributed by atoms with van der Waals surface area (Å²) in [5.41, 5.74) is 2.85. The Balaban J connectivity index is 1.99. The first kappa shape index (κ1) is 18.7. The van der Waals surface area contributed by atoms with E-state index in [0.29, 0.717) is 10.8 Å². The lowest BCUT2D eigenvalue weighted by atomic mass is 10.1.